The number of carbonyl (C=O) groups excluding carboxylic acids is 2. The number of ether oxygens (including phenoxy) is 1. The Labute approximate surface area is 226 Å². The number of imide groups is 1. The smallest absolute Gasteiger partial charge is 0.269 e. The van der Waals surface area contributed by atoms with Crippen molar-refractivity contribution >= 4 is 45.0 Å². The van der Waals surface area contributed by atoms with Gasteiger partial charge in [-0.15, -0.1) is 0 Å². The lowest BCUT2D eigenvalue weighted by molar-refractivity contribution is -0.384. The van der Waals surface area contributed by atoms with Gasteiger partial charge < -0.3 is 9.72 Å². The summed E-state index contributed by atoms with van der Waals surface area (Å²) in [5.41, 5.74) is 3.28. The average Bonchev–Trinajstić information content (AvgIpc) is 3.49. The highest BCUT2D eigenvalue weighted by Crippen LogP contribution is 2.34. The van der Waals surface area contributed by atoms with Gasteiger partial charge in [0.15, 0.2) is 0 Å². The van der Waals surface area contributed by atoms with E-state index in [9.17, 15) is 19.7 Å². The third-order valence-corrected chi connectivity index (χ3v) is 6.87. The molecule has 1 N–H and O–H groups in total. The Morgan fingerprint density at radius 2 is 1.48 bits per heavy atom. The van der Waals surface area contributed by atoms with Gasteiger partial charge >= 0.3 is 0 Å². The highest BCUT2D eigenvalue weighted by molar-refractivity contribution is 6.34. The second kappa shape index (κ2) is 8.88. The summed E-state index contributed by atoms with van der Waals surface area (Å²) in [6.07, 6.45) is 0. The molecule has 1 aliphatic heterocycles. The zero-order chi connectivity index (χ0) is 27.4. The van der Waals surface area contributed by atoms with Gasteiger partial charge in [0.1, 0.15) is 17.3 Å². The summed E-state index contributed by atoms with van der Waals surface area (Å²) in [5, 5.41) is 13.1. The molecule has 0 spiro atoms. The van der Waals surface area contributed by atoms with Gasteiger partial charge in [0.2, 0.25) is 0 Å². The number of nitro groups is 1. The third-order valence-electron chi connectivity index (χ3n) is 6.87. The van der Waals surface area contributed by atoms with Crippen LogP contribution in [0.25, 0.3) is 33.2 Å². The summed E-state index contributed by atoms with van der Waals surface area (Å²) in [4.78, 5) is 46.3. The lowest BCUT2D eigenvalue weighted by Crippen LogP contribution is -2.29. The summed E-state index contributed by atoms with van der Waals surface area (Å²) in [5.74, 6) is 0.421. The maximum absolute atomic E-state index is 13.4. The Bertz CT molecular complexity index is 1960. The third kappa shape index (κ3) is 3.84. The Hall–Kier alpha value is -5.83. The van der Waals surface area contributed by atoms with Gasteiger partial charge in [-0.3, -0.25) is 19.7 Å². The van der Waals surface area contributed by atoms with Gasteiger partial charge in [0.05, 0.1) is 32.8 Å². The van der Waals surface area contributed by atoms with Crippen molar-refractivity contribution in [1.29, 1.82) is 0 Å². The van der Waals surface area contributed by atoms with E-state index in [0.29, 0.717) is 23.0 Å². The predicted molar refractivity (Wildman–Crippen MR) is 150 cm³/mol. The first-order valence-electron chi connectivity index (χ1n) is 12.4. The van der Waals surface area contributed by atoms with Crippen molar-refractivity contribution in [3.63, 3.8) is 0 Å². The van der Waals surface area contributed by atoms with Crippen molar-refractivity contribution in [3.8, 4) is 22.9 Å². The number of carbonyl (C=O) groups is 2. The number of benzene rings is 5. The largest absolute Gasteiger partial charge is 0.457 e. The van der Waals surface area contributed by atoms with Crippen LogP contribution in [-0.2, 0) is 0 Å². The van der Waals surface area contributed by atoms with Crippen LogP contribution in [0.3, 0.4) is 0 Å². The van der Waals surface area contributed by atoms with E-state index in [4.69, 9.17) is 9.72 Å². The molecule has 1 aliphatic rings. The van der Waals surface area contributed by atoms with Crippen molar-refractivity contribution in [2.24, 2.45) is 0 Å². The van der Waals surface area contributed by atoms with Gasteiger partial charge in [-0.25, -0.2) is 9.88 Å². The molecule has 0 saturated carbocycles. The molecule has 0 saturated heterocycles. The first-order valence-corrected chi connectivity index (χ1v) is 12.4. The van der Waals surface area contributed by atoms with Crippen molar-refractivity contribution in [3.05, 3.63) is 124 Å². The Morgan fingerprint density at radius 3 is 2.25 bits per heavy atom. The van der Waals surface area contributed by atoms with Crippen molar-refractivity contribution < 1.29 is 19.2 Å². The number of aromatic amines is 1. The summed E-state index contributed by atoms with van der Waals surface area (Å²) < 4.78 is 5.78. The van der Waals surface area contributed by atoms with Crippen molar-refractivity contribution in [2.75, 3.05) is 4.90 Å². The zero-order valence-corrected chi connectivity index (χ0v) is 20.7. The van der Waals surface area contributed by atoms with E-state index in [-0.39, 0.29) is 16.8 Å². The molecule has 2 heterocycles. The molecule has 9 nitrogen and oxygen atoms in total. The molecule has 40 heavy (non-hydrogen) atoms. The normalized spacial score (nSPS) is 12.8. The first kappa shape index (κ1) is 23.3. The number of aromatic nitrogens is 2. The fourth-order valence-corrected chi connectivity index (χ4v) is 4.92. The summed E-state index contributed by atoms with van der Waals surface area (Å²) in [6.45, 7) is 0. The van der Waals surface area contributed by atoms with Gasteiger partial charge in [-0.05, 0) is 65.4 Å². The van der Waals surface area contributed by atoms with Crippen molar-refractivity contribution in [1.82, 2.24) is 9.97 Å². The molecule has 5 aromatic carbocycles. The number of rotatable bonds is 5. The van der Waals surface area contributed by atoms with E-state index >= 15 is 0 Å². The number of anilines is 1. The van der Waals surface area contributed by atoms with Crippen LogP contribution in [0.5, 0.6) is 11.5 Å². The molecule has 0 fully saturated rings. The fourth-order valence-electron chi connectivity index (χ4n) is 4.92. The standard InChI is InChI=1S/C31H18N4O5/c36-30-25-13-12-24(40-23-10-8-21(9-11-23)35(38)39)17-26(25)31(37)34(30)22-7-3-6-20(14-22)29-32-27-15-18-4-1-2-5-19(18)16-28(27)33-29/h1-17H,(H,32,33). The Morgan fingerprint density at radius 1 is 0.750 bits per heavy atom. The number of nitro benzene ring substituents is 1. The number of hydrogen-bond donors (Lipinski definition) is 1. The molecule has 0 atom stereocenters. The summed E-state index contributed by atoms with van der Waals surface area (Å²) in [7, 11) is 0. The number of fused-ring (bicyclic) bond motifs is 3. The summed E-state index contributed by atoms with van der Waals surface area (Å²) in [6, 6.07) is 29.5. The molecule has 0 bridgehead atoms. The van der Waals surface area contributed by atoms with E-state index < -0.39 is 16.7 Å². The molecular formula is C31H18N4O5. The molecule has 9 heteroatoms. The molecule has 1 aromatic heterocycles. The lowest BCUT2D eigenvalue weighted by atomic mass is 10.1. The first-order chi connectivity index (χ1) is 19.4. The maximum atomic E-state index is 13.4. The van der Waals surface area contributed by atoms with E-state index in [0.717, 1.165) is 32.3 Å². The average molecular weight is 527 g/mol. The number of H-pyrrole nitrogens is 1. The quantitative estimate of drug-likeness (QED) is 0.149. The van der Waals surface area contributed by atoms with Crippen LogP contribution in [-0.4, -0.2) is 26.7 Å². The second-order valence-electron chi connectivity index (χ2n) is 9.36. The molecule has 2 amide bonds. The second-order valence-corrected chi connectivity index (χ2v) is 9.36. The molecule has 0 aliphatic carbocycles. The van der Waals surface area contributed by atoms with E-state index in [1.54, 1.807) is 30.3 Å². The van der Waals surface area contributed by atoms with Gasteiger partial charge in [0.25, 0.3) is 17.5 Å². The highest BCUT2D eigenvalue weighted by atomic mass is 16.6. The number of non-ortho nitro benzene ring substituents is 1. The Kier molecular flexibility index (Phi) is 5.17. The highest BCUT2D eigenvalue weighted by Gasteiger charge is 2.37. The van der Waals surface area contributed by atoms with Crippen LogP contribution in [0, 0.1) is 10.1 Å². The number of amides is 2. The van der Waals surface area contributed by atoms with Crippen LogP contribution in [0.15, 0.2) is 103 Å². The predicted octanol–water partition coefficient (Wildman–Crippen LogP) is 6.88. The minimum absolute atomic E-state index is 0.0592. The molecular weight excluding hydrogens is 508 g/mol. The molecule has 192 valence electrons. The SMILES string of the molecule is O=C1c2ccc(Oc3ccc([N+](=O)[O-])cc3)cc2C(=O)N1c1cccc(-c2nc3cc4ccccc4cc3[nH]2)c1. The van der Waals surface area contributed by atoms with Crippen LogP contribution in [0.4, 0.5) is 11.4 Å². The van der Waals surface area contributed by atoms with E-state index in [1.165, 1.54) is 30.3 Å². The van der Waals surface area contributed by atoms with E-state index in [1.807, 2.05) is 42.5 Å². The summed E-state index contributed by atoms with van der Waals surface area (Å²) >= 11 is 0. The minimum Gasteiger partial charge on any atom is -0.457 e. The maximum Gasteiger partial charge on any atom is 0.269 e. The fraction of sp³-hybridized carbons (Fsp3) is 0. The molecule has 7 rings (SSSR count). The van der Waals surface area contributed by atoms with Crippen LogP contribution < -0.4 is 9.64 Å². The molecule has 0 unspecified atom stereocenters. The number of hydrogen-bond acceptors (Lipinski definition) is 6. The van der Waals surface area contributed by atoms with Gasteiger partial charge in [0, 0.05) is 17.7 Å². The molecule has 6 aromatic rings. The van der Waals surface area contributed by atoms with Gasteiger partial charge in [-0.1, -0.05) is 36.4 Å². The van der Waals surface area contributed by atoms with Crippen LogP contribution in [0.2, 0.25) is 0 Å². The topological polar surface area (TPSA) is 118 Å². The minimum atomic E-state index is -0.497. The van der Waals surface area contributed by atoms with Gasteiger partial charge in [-0.2, -0.15) is 0 Å². The number of nitrogens with zero attached hydrogens (tertiary/aromatic N) is 3. The monoisotopic (exact) mass is 526 g/mol. The van der Waals surface area contributed by atoms with Crippen LogP contribution >= 0.6 is 0 Å². The number of nitrogens with one attached hydrogen (secondary N) is 1. The Balaban J connectivity index is 1.18. The number of imidazole rings is 1. The van der Waals surface area contributed by atoms with Crippen LogP contribution in [0.1, 0.15) is 20.7 Å². The molecule has 0 radical (unpaired) electrons. The lowest BCUT2D eigenvalue weighted by Gasteiger charge is -2.14. The van der Waals surface area contributed by atoms with E-state index in [2.05, 4.69) is 4.98 Å². The zero-order valence-electron chi connectivity index (χ0n) is 20.7. The van der Waals surface area contributed by atoms with Crippen molar-refractivity contribution in [2.45, 2.75) is 0 Å².